The van der Waals surface area contributed by atoms with Crippen molar-refractivity contribution in [3.63, 3.8) is 0 Å². The maximum absolute atomic E-state index is 4.18. The molecule has 0 amide bonds. The van der Waals surface area contributed by atoms with Crippen LogP contribution in [0, 0.1) is 13.3 Å². The molecule has 0 N–H and O–H groups in total. The fourth-order valence-electron chi connectivity index (χ4n) is 0.727. The molecule has 0 aliphatic rings. The van der Waals surface area contributed by atoms with Crippen LogP contribution in [0.3, 0.4) is 0 Å². The molecule has 1 radical (unpaired) electrons. The number of hydrogen-bond donors (Lipinski definition) is 0. The van der Waals surface area contributed by atoms with E-state index in [0.29, 0.717) is 0 Å². The van der Waals surface area contributed by atoms with Gasteiger partial charge in [-0.25, -0.2) is 0 Å². The molecule has 0 unspecified atom stereocenters. The molecule has 0 aromatic heterocycles. The van der Waals surface area contributed by atoms with Crippen molar-refractivity contribution in [2.75, 3.05) is 0 Å². The Bertz CT molecular complexity index is 232. The summed E-state index contributed by atoms with van der Waals surface area (Å²) in [6, 6.07) is 9.85. The quantitative estimate of drug-likeness (QED) is 0.544. The van der Waals surface area contributed by atoms with Gasteiger partial charge in [0, 0.05) is 0 Å². The van der Waals surface area contributed by atoms with Crippen LogP contribution in [0.5, 0.6) is 0 Å². The van der Waals surface area contributed by atoms with E-state index < -0.39 is 0 Å². The monoisotopic (exact) mass is 246 g/mol. The minimum atomic E-state index is 0. The first-order valence-electron chi connectivity index (χ1n) is 4.79. The van der Waals surface area contributed by atoms with Crippen LogP contribution < -0.4 is 0 Å². The van der Waals surface area contributed by atoms with Crippen LogP contribution in [0.4, 0.5) is 5.69 Å². The Morgan fingerprint density at radius 2 is 1.80 bits per heavy atom. The van der Waals surface area contributed by atoms with Crippen molar-refractivity contribution in [1.82, 2.24) is 0 Å². The normalized spacial score (nSPS) is 8.73. The van der Waals surface area contributed by atoms with E-state index in [9.17, 15) is 0 Å². The van der Waals surface area contributed by atoms with Gasteiger partial charge in [0.15, 0.2) is 0 Å². The zero-order valence-electron chi connectivity index (χ0n) is 9.30. The van der Waals surface area contributed by atoms with Gasteiger partial charge in [-0.3, -0.25) is 0 Å². The molecular weight excluding hydrogens is 229 g/mol. The Hall–Kier alpha value is -0.746. The summed E-state index contributed by atoms with van der Waals surface area (Å²) in [5.41, 5.74) is 0.984. The number of rotatable bonds is 3. The summed E-state index contributed by atoms with van der Waals surface area (Å²) in [6.45, 7) is 7.67. The van der Waals surface area contributed by atoms with Gasteiger partial charge in [0.05, 0.1) is 0 Å². The number of nitrogens with zero attached hydrogens (tertiary/aromatic N) is 1. The second kappa shape index (κ2) is 13.3. The van der Waals surface area contributed by atoms with Crippen molar-refractivity contribution in [2.24, 2.45) is 0 Å². The predicted octanol–water partition coefficient (Wildman–Crippen LogP) is 4.66. The van der Waals surface area contributed by atoms with E-state index in [1.807, 2.05) is 56.7 Å². The van der Waals surface area contributed by atoms with Crippen LogP contribution in [-0.4, -0.2) is 0 Å². The van der Waals surface area contributed by atoms with E-state index in [1.54, 1.807) is 6.20 Å². The Morgan fingerprint density at radius 1 is 1.27 bits per heavy atom. The van der Waals surface area contributed by atoms with E-state index in [1.165, 1.54) is 0 Å². The maximum atomic E-state index is 4.18. The molecule has 0 aliphatic carbocycles. The Morgan fingerprint density at radius 3 is 2.27 bits per heavy atom. The van der Waals surface area contributed by atoms with E-state index in [4.69, 9.17) is 0 Å². The molecule has 1 nitrogen and oxygen atoms in total. The van der Waals surface area contributed by atoms with Gasteiger partial charge in [-0.05, 0) is 0 Å². The number of allylic oxidation sites excluding steroid dienone is 1. The molecule has 0 atom stereocenters. The standard InChI is InChI=1S/C10H11N.C3H7.Ni/c1-2-3-9-11-10-7-5-4-6-8-10;1-3-2;/h3-9H,1-2H2;3H,1-2H3;/q-2;-1;+3/b9-3-;;. The van der Waals surface area contributed by atoms with Crippen molar-refractivity contribution in [3.05, 3.63) is 61.3 Å². The fraction of sp³-hybridized carbons (Fsp3) is 0.231. The van der Waals surface area contributed by atoms with E-state index in [0.717, 1.165) is 12.1 Å². The average Bonchev–Trinajstić information content (AvgIpc) is 2.21. The molecule has 0 heterocycles. The molecule has 0 spiro atoms. The molecule has 1 aromatic rings. The van der Waals surface area contributed by atoms with Gasteiger partial charge in [-0.1, -0.05) is 30.3 Å². The zero-order valence-corrected chi connectivity index (χ0v) is 10.3. The summed E-state index contributed by atoms with van der Waals surface area (Å²) in [5.74, 6) is 0. The van der Waals surface area contributed by atoms with Gasteiger partial charge < -0.3 is 18.7 Å². The van der Waals surface area contributed by atoms with E-state index in [-0.39, 0.29) is 16.5 Å². The van der Waals surface area contributed by atoms with Crippen LogP contribution >= 0.6 is 0 Å². The number of hydrogen-bond acceptors (Lipinski definition) is 0. The SMILES string of the molecule is C[CH-]C.[CH2-]C/C=C\[N-]c1ccccc1.[Ni+3]. The first kappa shape index (κ1) is 16.7. The predicted molar refractivity (Wildman–Crippen MR) is 64.2 cm³/mol. The molecule has 0 bridgehead atoms. The minimum absolute atomic E-state index is 0. The van der Waals surface area contributed by atoms with Gasteiger partial charge >= 0.3 is 16.5 Å². The smallest absolute Gasteiger partial charge is 0.664 e. The third-order valence-electron chi connectivity index (χ3n) is 1.25. The van der Waals surface area contributed by atoms with Crippen LogP contribution in [0.25, 0.3) is 5.32 Å². The van der Waals surface area contributed by atoms with Gasteiger partial charge in [-0.2, -0.15) is 26.5 Å². The first-order valence-corrected chi connectivity index (χ1v) is 4.79. The molecule has 1 rings (SSSR count). The molecule has 85 valence electrons. The average molecular weight is 247 g/mol. The van der Waals surface area contributed by atoms with Crippen LogP contribution in [0.1, 0.15) is 20.3 Å². The molecule has 0 aliphatic heterocycles. The Kier molecular flexibility index (Phi) is 14.7. The summed E-state index contributed by atoms with van der Waals surface area (Å²) >= 11 is 0. The van der Waals surface area contributed by atoms with E-state index >= 15 is 0 Å². The summed E-state index contributed by atoms with van der Waals surface area (Å²) in [6.07, 6.45) is 6.49. The molecule has 0 saturated carbocycles. The molecule has 15 heavy (non-hydrogen) atoms. The van der Waals surface area contributed by atoms with E-state index in [2.05, 4.69) is 12.2 Å². The van der Waals surface area contributed by atoms with Crippen LogP contribution in [0.15, 0.2) is 42.6 Å². The molecule has 2 heteroatoms. The second-order valence-corrected chi connectivity index (χ2v) is 2.72. The molecule has 0 fully saturated rings. The molecule has 1 aromatic carbocycles. The van der Waals surface area contributed by atoms with Gasteiger partial charge in [0.1, 0.15) is 0 Å². The van der Waals surface area contributed by atoms with Crippen molar-refractivity contribution >= 4 is 5.69 Å². The maximum Gasteiger partial charge on any atom is 3.00 e. The summed E-state index contributed by atoms with van der Waals surface area (Å²) in [4.78, 5) is 0. The topological polar surface area (TPSA) is 14.1 Å². The summed E-state index contributed by atoms with van der Waals surface area (Å²) < 4.78 is 0. The first-order chi connectivity index (χ1) is 6.85. The van der Waals surface area contributed by atoms with Crippen LogP contribution in [-0.2, 0) is 16.5 Å². The zero-order chi connectivity index (χ0) is 10.6. The largest absolute Gasteiger partial charge is 3.00 e. The van der Waals surface area contributed by atoms with Crippen molar-refractivity contribution in [1.29, 1.82) is 0 Å². The van der Waals surface area contributed by atoms with Crippen molar-refractivity contribution in [3.8, 4) is 0 Å². The summed E-state index contributed by atoms with van der Waals surface area (Å²) in [7, 11) is 0. The third-order valence-corrected chi connectivity index (χ3v) is 1.25. The fourth-order valence-corrected chi connectivity index (χ4v) is 0.727. The summed E-state index contributed by atoms with van der Waals surface area (Å²) in [5, 5.41) is 4.18. The van der Waals surface area contributed by atoms with Crippen molar-refractivity contribution in [2.45, 2.75) is 20.3 Å². The van der Waals surface area contributed by atoms with Crippen molar-refractivity contribution < 1.29 is 16.5 Å². The number of para-hydroxylation sites is 1. The van der Waals surface area contributed by atoms with Gasteiger partial charge in [0.2, 0.25) is 0 Å². The third kappa shape index (κ3) is 11.2. The number of benzene rings is 1. The Labute approximate surface area is 104 Å². The van der Waals surface area contributed by atoms with Crippen LogP contribution in [0.2, 0.25) is 0 Å². The molecular formula is C13H18NNi. The Balaban J connectivity index is 0. The second-order valence-electron chi connectivity index (χ2n) is 2.72. The molecule has 0 saturated heterocycles. The van der Waals surface area contributed by atoms with Gasteiger partial charge in [-0.15, -0.1) is 11.8 Å². The minimum Gasteiger partial charge on any atom is -0.664 e. The van der Waals surface area contributed by atoms with Gasteiger partial charge in [0.25, 0.3) is 0 Å².